The number of halogens is 1. The van der Waals surface area contributed by atoms with Crippen LogP contribution in [0.1, 0.15) is 21.5 Å². The highest BCUT2D eigenvalue weighted by atomic mass is 35.5. The van der Waals surface area contributed by atoms with Crippen LogP contribution in [-0.2, 0) is 0 Å². The molecule has 0 radical (unpaired) electrons. The van der Waals surface area contributed by atoms with Gasteiger partial charge in [-0.25, -0.2) is 0 Å². The Bertz CT molecular complexity index is 718. The van der Waals surface area contributed by atoms with Gasteiger partial charge in [-0.05, 0) is 55.4 Å². The number of carbonyl (C=O) groups is 1. The monoisotopic (exact) mass is 333 g/mol. The Labute approximate surface area is 139 Å². The molecule has 0 aliphatic heterocycles. The van der Waals surface area contributed by atoms with E-state index in [1.807, 2.05) is 44.2 Å². The van der Waals surface area contributed by atoms with Crippen molar-refractivity contribution in [3.63, 3.8) is 0 Å². The summed E-state index contributed by atoms with van der Waals surface area (Å²) >= 11 is 11.2. The van der Waals surface area contributed by atoms with Gasteiger partial charge in [0.1, 0.15) is 0 Å². The number of benzene rings is 2. The molecule has 0 saturated heterocycles. The van der Waals surface area contributed by atoms with Gasteiger partial charge in [-0.3, -0.25) is 15.6 Å². The molecule has 6 heteroatoms. The van der Waals surface area contributed by atoms with Crippen molar-refractivity contribution in [1.29, 1.82) is 0 Å². The lowest BCUT2D eigenvalue weighted by atomic mass is 10.1. The zero-order valence-electron chi connectivity index (χ0n) is 12.2. The van der Waals surface area contributed by atoms with Gasteiger partial charge in [0, 0.05) is 16.3 Å². The van der Waals surface area contributed by atoms with Crippen LogP contribution in [-0.4, -0.2) is 11.0 Å². The summed E-state index contributed by atoms with van der Waals surface area (Å²) in [7, 11) is 0. The summed E-state index contributed by atoms with van der Waals surface area (Å²) in [6, 6.07) is 12.8. The van der Waals surface area contributed by atoms with Crippen LogP contribution < -0.4 is 16.2 Å². The van der Waals surface area contributed by atoms with Gasteiger partial charge in [-0.15, -0.1) is 0 Å². The van der Waals surface area contributed by atoms with Crippen molar-refractivity contribution in [1.82, 2.24) is 10.9 Å². The number of hydrogen-bond donors (Lipinski definition) is 3. The molecule has 3 N–H and O–H groups in total. The summed E-state index contributed by atoms with van der Waals surface area (Å²) in [6.07, 6.45) is 0. The average molecular weight is 334 g/mol. The van der Waals surface area contributed by atoms with Gasteiger partial charge in [-0.2, -0.15) is 0 Å². The summed E-state index contributed by atoms with van der Waals surface area (Å²) in [5.41, 5.74) is 8.45. The molecule has 0 unspecified atom stereocenters. The molecule has 0 bridgehead atoms. The molecule has 114 valence electrons. The molecular weight excluding hydrogens is 318 g/mol. The van der Waals surface area contributed by atoms with E-state index in [9.17, 15) is 4.79 Å². The number of anilines is 1. The quantitative estimate of drug-likeness (QED) is 0.580. The van der Waals surface area contributed by atoms with Crippen LogP contribution in [0.5, 0.6) is 0 Å². The van der Waals surface area contributed by atoms with E-state index in [2.05, 4.69) is 16.2 Å². The van der Waals surface area contributed by atoms with Crippen molar-refractivity contribution in [3.05, 3.63) is 64.2 Å². The van der Waals surface area contributed by atoms with Crippen molar-refractivity contribution in [2.45, 2.75) is 13.8 Å². The van der Waals surface area contributed by atoms with Crippen LogP contribution in [0.3, 0.4) is 0 Å². The zero-order valence-corrected chi connectivity index (χ0v) is 13.8. The van der Waals surface area contributed by atoms with Crippen LogP contribution in [0.15, 0.2) is 42.5 Å². The molecule has 0 aliphatic rings. The molecule has 0 atom stereocenters. The Balaban J connectivity index is 1.91. The van der Waals surface area contributed by atoms with Crippen LogP contribution in [0.4, 0.5) is 5.69 Å². The Morgan fingerprint density at radius 3 is 2.45 bits per heavy atom. The minimum absolute atomic E-state index is 0.246. The fourth-order valence-electron chi connectivity index (χ4n) is 1.84. The van der Waals surface area contributed by atoms with E-state index in [0.29, 0.717) is 10.6 Å². The molecule has 22 heavy (non-hydrogen) atoms. The van der Waals surface area contributed by atoms with E-state index in [0.717, 1.165) is 16.8 Å². The van der Waals surface area contributed by atoms with Crippen molar-refractivity contribution in [3.8, 4) is 0 Å². The Morgan fingerprint density at radius 2 is 1.77 bits per heavy atom. The summed E-state index contributed by atoms with van der Waals surface area (Å²) in [5, 5.41) is 3.88. The Morgan fingerprint density at radius 1 is 1.05 bits per heavy atom. The van der Waals surface area contributed by atoms with Crippen molar-refractivity contribution >= 4 is 40.5 Å². The molecule has 2 rings (SSSR count). The molecule has 2 aromatic rings. The normalized spacial score (nSPS) is 9.95. The van der Waals surface area contributed by atoms with Gasteiger partial charge in [0.25, 0.3) is 5.91 Å². The summed E-state index contributed by atoms with van der Waals surface area (Å²) in [6.45, 7) is 3.80. The molecule has 1 amide bonds. The van der Waals surface area contributed by atoms with E-state index in [1.165, 1.54) is 0 Å². The summed E-state index contributed by atoms with van der Waals surface area (Å²) in [5.74, 6) is -0.246. The van der Waals surface area contributed by atoms with E-state index in [1.54, 1.807) is 12.1 Å². The second-order valence-electron chi connectivity index (χ2n) is 4.81. The number of nitrogens with one attached hydrogen (secondary N) is 3. The topological polar surface area (TPSA) is 53.2 Å². The second kappa shape index (κ2) is 7.24. The van der Waals surface area contributed by atoms with Gasteiger partial charge in [0.15, 0.2) is 5.11 Å². The first-order valence-electron chi connectivity index (χ1n) is 6.66. The molecule has 0 fully saturated rings. The molecule has 0 aliphatic carbocycles. The third-order valence-electron chi connectivity index (χ3n) is 3.11. The standard InChI is InChI=1S/C16H16ClN3OS/c1-10-5-3-4-6-13(10)15(21)19-20-16(22)18-12-8-7-11(2)14(17)9-12/h3-9H,1-2H3,(H,19,21)(H2,18,20,22). The highest BCUT2D eigenvalue weighted by Gasteiger charge is 2.08. The van der Waals surface area contributed by atoms with Crippen LogP contribution >= 0.6 is 23.8 Å². The maximum absolute atomic E-state index is 12.0. The van der Waals surface area contributed by atoms with E-state index >= 15 is 0 Å². The number of hydrogen-bond acceptors (Lipinski definition) is 2. The number of amides is 1. The van der Waals surface area contributed by atoms with Gasteiger partial charge >= 0.3 is 0 Å². The number of rotatable bonds is 2. The number of aryl methyl sites for hydroxylation is 2. The maximum Gasteiger partial charge on any atom is 0.269 e. The molecule has 2 aromatic carbocycles. The second-order valence-corrected chi connectivity index (χ2v) is 5.63. The Kier molecular flexibility index (Phi) is 5.35. The molecule has 4 nitrogen and oxygen atoms in total. The maximum atomic E-state index is 12.0. The largest absolute Gasteiger partial charge is 0.331 e. The summed E-state index contributed by atoms with van der Waals surface area (Å²) < 4.78 is 0. The summed E-state index contributed by atoms with van der Waals surface area (Å²) in [4.78, 5) is 12.0. The van der Waals surface area contributed by atoms with Crippen molar-refractivity contribution in [2.24, 2.45) is 0 Å². The van der Waals surface area contributed by atoms with Crippen LogP contribution in [0.25, 0.3) is 0 Å². The smallest absolute Gasteiger partial charge is 0.269 e. The first-order chi connectivity index (χ1) is 10.5. The van der Waals surface area contributed by atoms with Crippen LogP contribution in [0.2, 0.25) is 5.02 Å². The zero-order chi connectivity index (χ0) is 16.1. The van der Waals surface area contributed by atoms with Crippen LogP contribution in [0, 0.1) is 13.8 Å². The number of thiocarbonyl (C=S) groups is 1. The van der Waals surface area contributed by atoms with E-state index in [4.69, 9.17) is 23.8 Å². The van der Waals surface area contributed by atoms with Gasteiger partial charge < -0.3 is 5.32 Å². The molecule has 0 saturated carbocycles. The highest BCUT2D eigenvalue weighted by molar-refractivity contribution is 7.80. The SMILES string of the molecule is Cc1ccc(NC(=S)NNC(=O)c2ccccc2C)cc1Cl. The van der Waals surface area contributed by atoms with E-state index < -0.39 is 0 Å². The predicted molar refractivity (Wildman–Crippen MR) is 94.2 cm³/mol. The lowest BCUT2D eigenvalue weighted by molar-refractivity contribution is 0.0943. The average Bonchev–Trinajstić information content (AvgIpc) is 2.49. The predicted octanol–water partition coefficient (Wildman–Crippen LogP) is 3.59. The Hall–Kier alpha value is -2.11. The van der Waals surface area contributed by atoms with E-state index in [-0.39, 0.29) is 11.0 Å². The number of carbonyl (C=O) groups excluding carboxylic acids is 1. The molecule has 0 spiro atoms. The molecule has 0 heterocycles. The third-order valence-corrected chi connectivity index (χ3v) is 3.72. The number of hydrazine groups is 1. The minimum Gasteiger partial charge on any atom is -0.331 e. The van der Waals surface area contributed by atoms with Crippen molar-refractivity contribution < 1.29 is 4.79 Å². The molecule has 0 aromatic heterocycles. The van der Waals surface area contributed by atoms with Crippen molar-refractivity contribution in [2.75, 3.05) is 5.32 Å². The van der Waals surface area contributed by atoms with Gasteiger partial charge in [-0.1, -0.05) is 35.9 Å². The third kappa shape index (κ3) is 4.19. The molecular formula is C16H16ClN3OS. The van der Waals surface area contributed by atoms with Gasteiger partial charge in [0.05, 0.1) is 0 Å². The minimum atomic E-state index is -0.246. The first kappa shape index (κ1) is 16.3. The lowest BCUT2D eigenvalue weighted by Crippen LogP contribution is -2.43. The fourth-order valence-corrected chi connectivity index (χ4v) is 2.19. The lowest BCUT2D eigenvalue weighted by Gasteiger charge is -2.13. The van der Waals surface area contributed by atoms with Gasteiger partial charge in [0.2, 0.25) is 0 Å². The fraction of sp³-hybridized carbons (Fsp3) is 0.125. The first-order valence-corrected chi connectivity index (χ1v) is 7.45. The highest BCUT2D eigenvalue weighted by Crippen LogP contribution is 2.19.